The molecular formula is C12H13Cl2NO2. The first-order valence-electron chi connectivity index (χ1n) is 5.45. The second kappa shape index (κ2) is 4.84. The van der Waals surface area contributed by atoms with Crippen molar-refractivity contribution in [1.29, 1.82) is 0 Å². The van der Waals surface area contributed by atoms with E-state index in [1.54, 1.807) is 18.2 Å². The Morgan fingerprint density at radius 3 is 2.65 bits per heavy atom. The molecular weight excluding hydrogens is 261 g/mol. The van der Waals surface area contributed by atoms with Crippen LogP contribution in [0.3, 0.4) is 0 Å². The first-order chi connectivity index (χ1) is 8.08. The van der Waals surface area contributed by atoms with E-state index in [2.05, 4.69) is 5.32 Å². The maximum atomic E-state index is 12.0. The summed E-state index contributed by atoms with van der Waals surface area (Å²) in [7, 11) is 0. The highest BCUT2D eigenvalue weighted by molar-refractivity contribution is 6.43. The molecule has 0 bridgehead atoms. The lowest BCUT2D eigenvalue weighted by Gasteiger charge is -2.41. The standard InChI is InChI=1S/C12H13Cl2NO2/c13-9-4-1-3-8(10(9)14)11(17)15-12(7-16)5-2-6-12/h1,3-4,16H,2,5-7H2,(H,15,17). The normalized spacial score (nSPS) is 17.4. The number of rotatable bonds is 3. The van der Waals surface area contributed by atoms with Gasteiger partial charge in [-0.15, -0.1) is 0 Å². The quantitative estimate of drug-likeness (QED) is 0.890. The third-order valence-electron chi connectivity index (χ3n) is 3.19. The van der Waals surface area contributed by atoms with Crippen molar-refractivity contribution < 1.29 is 9.90 Å². The summed E-state index contributed by atoms with van der Waals surface area (Å²) in [5.41, 5.74) is -0.123. The molecule has 0 unspecified atom stereocenters. The maximum absolute atomic E-state index is 12.0. The Kier molecular flexibility index (Phi) is 3.61. The molecule has 1 aromatic carbocycles. The summed E-state index contributed by atoms with van der Waals surface area (Å²) >= 11 is 11.8. The van der Waals surface area contributed by atoms with Gasteiger partial charge in [-0.3, -0.25) is 4.79 Å². The molecule has 1 aromatic rings. The smallest absolute Gasteiger partial charge is 0.253 e. The highest BCUT2D eigenvalue weighted by atomic mass is 35.5. The molecule has 2 N–H and O–H groups in total. The number of halogens is 2. The summed E-state index contributed by atoms with van der Waals surface area (Å²) in [6, 6.07) is 4.93. The van der Waals surface area contributed by atoms with Gasteiger partial charge in [0.25, 0.3) is 5.91 Å². The number of carbonyl (C=O) groups excluding carboxylic acids is 1. The minimum atomic E-state index is -0.470. The molecule has 0 heterocycles. The van der Waals surface area contributed by atoms with E-state index in [1.165, 1.54) is 0 Å². The highest BCUT2D eigenvalue weighted by Crippen LogP contribution is 2.32. The number of nitrogens with one attached hydrogen (secondary N) is 1. The second-order valence-electron chi connectivity index (χ2n) is 4.35. The number of hydrogen-bond acceptors (Lipinski definition) is 2. The Morgan fingerprint density at radius 1 is 1.41 bits per heavy atom. The predicted octanol–water partition coefficient (Wildman–Crippen LogP) is 2.64. The molecule has 0 saturated heterocycles. The van der Waals surface area contributed by atoms with Crippen LogP contribution >= 0.6 is 23.2 Å². The van der Waals surface area contributed by atoms with Crippen LogP contribution in [0.25, 0.3) is 0 Å². The Balaban J connectivity index is 2.17. The monoisotopic (exact) mass is 273 g/mol. The lowest BCUT2D eigenvalue weighted by atomic mass is 9.77. The van der Waals surface area contributed by atoms with Gasteiger partial charge >= 0.3 is 0 Å². The van der Waals surface area contributed by atoms with E-state index < -0.39 is 5.54 Å². The zero-order valence-electron chi connectivity index (χ0n) is 9.17. The fourth-order valence-electron chi connectivity index (χ4n) is 1.91. The number of aliphatic hydroxyl groups excluding tert-OH is 1. The van der Waals surface area contributed by atoms with Crippen LogP contribution in [0.5, 0.6) is 0 Å². The van der Waals surface area contributed by atoms with Crippen molar-refractivity contribution in [2.45, 2.75) is 24.8 Å². The minimum Gasteiger partial charge on any atom is -0.394 e. The van der Waals surface area contributed by atoms with Crippen LogP contribution in [0.2, 0.25) is 10.0 Å². The van der Waals surface area contributed by atoms with Crippen LogP contribution in [0.4, 0.5) is 0 Å². The molecule has 1 amide bonds. The van der Waals surface area contributed by atoms with Gasteiger partial charge in [0.15, 0.2) is 0 Å². The number of benzene rings is 1. The van der Waals surface area contributed by atoms with E-state index in [1.807, 2.05) is 0 Å². The molecule has 0 atom stereocenters. The van der Waals surface area contributed by atoms with Gasteiger partial charge in [-0.2, -0.15) is 0 Å². The summed E-state index contributed by atoms with van der Waals surface area (Å²) < 4.78 is 0. The van der Waals surface area contributed by atoms with E-state index in [0.29, 0.717) is 10.6 Å². The molecule has 92 valence electrons. The topological polar surface area (TPSA) is 49.3 Å². The van der Waals surface area contributed by atoms with Gasteiger partial charge in [-0.1, -0.05) is 29.3 Å². The van der Waals surface area contributed by atoms with Gasteiger partial charge in [0.2, 0.25) is 0 Å². The summed E-state index contributed by atoms with van der Waals surface area (Å²) in [5.74, 6) is -0.286. The van der Waals surface area contributed by atoms with Crippen molar-refractivity contribution in [2.75, 3.05) is 6.61 Å². The molecule has 0 aliphatic heterocycles. The summed E-state index contributed by atoms with van der Waals surface area (Å²) in [6.07, 6.45) is 2.62. The van der Waals surface area contributed by atoms with Gasteiger partial charge in [-0.25, -0.2) is 0 Å². The van der Waals surface area contributed by atoms with Crippen molar-refractivity contribution in [2.24, 2.45) is 0 Å². The Bertz CT molecular complexity index is 439. The zero-order valence-corrected chi connectivity index (χ0v) is 10.7. The van der Waals surface area contributed by atoms with Crippen molar-refractivity contribution in [3.8, 4) is 0 Å². The third-order valence-corrected chi connectivity index (χ3v) is 4.01. The lowest BCUT2D eigenvalue weighted by Crippen LogP contribution is -2.56. The zero-order chi connectivity index (χ0) is 12.5. The summed E-state index contributed by atoms with van der Waals surface area (Å²) in [4.78, 5) is 12.0. The van der Waals surface area contributed by atoms with Gasteiger partial charge < -0.3 is 10.4 Å². The van der Waals surface area contributed by atoms with Gasteiger partial charge in [0.1, 0.15) is 0 Å². The first-order valence-corrected chi connectivity index (χ1v) is 6.21. The van der Waals surface area contributed by atoms with Gasteiger partial charge in [-0.05, 0) is 31.4 Å². The second-order valence-corrected chi connectivity index (χ2v) is 5.13. The molecule has 1 aliphatic rings. The van der Waals surface area contributed by atoms with Crippen molar-refractivity contribution in [3.05, 3.63) is 33.8 Å². The average Bonchev–Trinajstić information content (AvgIpc) is 2.27. The Hall–Kier alpha value is -0.770. The van der Waals surface area contributed by atoms with Crippen LogP contribution in [-0.4, -0.2) is 23.2 Å². The molecule has 5 heteroatoms. The molecule has 1 saturated carbocycles. The summed E-state index contributed by atoms with van der Waals surface area (Å²) in [6.45, 7) is -0.0447. The number of hydrogen-bond donors (Lipinski definition) is 2. The molecule has 3 nitrogen and oxygen atoms in total. The number of carbonyl (C=O) groups is 1. The van der Waals surface area contributed by atoms with Crippen LogP contribution < -0.4 is 5.32 Å². The first kappa shape index (κ1) is 12.7. The Labute approximate surface area is 110 Å². The van der Waals surface area contributed by atoms with Crippen molar-refractivity contribution in [3.63, 3.8) is 0 Å². The van der Waals surface area contributed by atoms with Crippen molar-refractivity contribution in [1.82, 2.24) is 5.32 Å². The van der Waals surface area contributed by atoms with Crippen LogP contribution in [0.1, 0.15) is 29.6 Å². The molecule has 0 aromatic heterocycles. The van der Waals surface area contributed by atoms with Crippen LogP contribution in [-0.2, 0) is 0 Å². The number of aliphatic hydroxyl groups is 1. The molecule has 0 radical (unpaired) electrons. The van der Waals surface area contributed by atoms with E-state index in [9.17, 15) is 9.90 Å². The van der Waals surface area contributed by atoms with Crippen LogP contribution in [0, 0.1) is 0 Å². The maximum Gasteiger partial charge on any atom is 0.253 e. The number of amides is 1. The van der Waals surface area contributed by atoms with E-state index in [-0.39, 0.29) is 17.5 Å². The van der Waals surface area contributed by atoms with E-state index >= 15 is 0 Å². The molecule has 17 heavy (non-hydrogen) atoms. The van der Waals surface area contributed by atoms with Crippen LogP contribution in [0.15, 0.2) is 18.2 Å². The van der Waals surface area contributed by atoms with Gasteiger partial charge in [0, 0.05) is 0 Å². The lowest BCUT2D eigenvalue weighted by molar-refractivity contribution is 0.0642. The minimum absolute atomic E-state index is 0.0447. The third kappa shape index (κ3) is 2.41. The molecule has 1 fully saturated rings. The fraction of sp³-hybridized carbons (Fsp3) is 0.417. The fourth-order valence-corrected chi connectivity index (χ4v) is 2.30. The molecule has 0 spiro atoms. The average molecular weight is 274 g/mol. The summed E-state index contributed by atoms with van der Waals surface area (Å²) in [5, 5.41) is 12.7. The molecule has 1 aliphatic carbocycles. The highest BCUT2D eigenvalue weighted by Gasteiger charge is 2.38. The predicted molar refractivity (Wildman–Crippen MR) is 67.6 cm³/mol. The largest absolute Gasteiger partial charge is 0.394 e. The van der Waals surface area contributed by atoms with Gasteiger partial charge in [0.05, 0.1) is 27.8 Å². The van der Waals surface area contributed by atoms with E-state index in [4.69, 9.17) is 23.2 Å². The SMILES string of the molecule is O=C(NC1(CO)CCC1)c1cccc(Cl)c1Cl. The van der Waals surface area contributed by atoms with Crippen molar-refractivity contribution >= 4 is 29.1 Å². The van der Waals surface area contributed by atoms with E-state index in [0.717, 1.165) is 19.3 Å². The Morgan fingerprint density at radius 2 is 2.12 bits per heavy atom. The molecule has 2 rings (SSSR count).